The fourth-order valence-electron chi connectivity index (χ4n) is 3.23. The molecule has 2 N–H and O–H groups in total. The predicted molar refractivity (Wildman–Crippen MR) is 88.1 cm³/mol. The molecule has 0 spiro atoms. The lowest BCUT2D eigenvalue weighted by Gasteiger charge is -2.34. The Labute approximate surface area is 138 Å². The van der Waals surface area contributed by atoms with Gasteiger partial charge in [-0.3, -0.25) is 0 Å². The van der Waals surface area contributed by atoms with Gasteiger partial charge in [0.25, 0.3) is 0 Å². The van der Waals surface area contributed by atoms with Crippen LogP contribution in [0.2, 0.25) is 0 Å². The number of hydrogen-bond donors (Lipinski definition) is 1. The van der Waals surface area contributed by atoms with E-state index in [1.165, 1.54) is 0 Å². The molecule has 1 saturated heterocycles. The van der Waals surface area contributed by atoms with Gasteiger partial charge in [-0.1, -0.05) is 6.42 Å². The van der Waals surface area contributed by atoms with Crippen molar-refractivity contribution in [3.8, 4) is 5.75 Å². The molecule has 1 unspecified atom stereocenters. The standard InChI is InChI=1S/C15H22N2O3S.ClH/c16-8-6-13-3-1-2-9-17(13)21(18,19)14-4-5-15-12(11-14)7-10-20-15;/h4-5,11,13H,1-3,6-10,16H2;1H. The minimum absolute atomic E-state index is 0. The van der Waals surface area contributed by atoms with Crippen molar-refractivity contribution in [2.75, 3.05) is 19.7 Å². The first-order chi connectivity index (χ1) is 10.1. The Kier molecular flexibility index (Phi) is 5.71. The van der Waals surface area contributed by atoms with E-state index in [0.29, 0.717) is 24.6 Å². The van der Waals surface area contributed by atoms with Crippen molar-refractivity contribution in [2.45, 2.75) is 43.0 Å². The number of halogens is 1. The van der Waals surface area contributed by atoms with E-state index in [9.17, 15) is 8.42 Å². The maximum Gasteiger partial charge on any atom is 0.243 e. The second-order valence-electron chi connectivity index (χ2n) is 5.71. The number of benzene rings is 1. The third-order valence-electron chi connectivity index (χ3n) is 4.34. The summed E-state index contributed by atoms with van der Waals surface area (Å²) < 4.78 is 32.9. The van der Waals surface area contributed by atoms with Gasteiger partial charge in [0.05, 0.1) is 11.5 Å². The molecule has 7 heteroatoms. The van der Waals surface area contributed by atoms with Gasteiger partial charge >= 0.3 is 0 Å². The molecule has 2 heterocycles. The molecule has 22 heavy (non-hydrogen) atoms. The Morgan fingerprint density at radius 3 is 2.91 bits per heavy atom. The molecular weight excluding hydrogens is 324 g/mol. The van der Waals surface area contributed by atoms with Crippen molar-refractivity contribution >= 4 is 22.4 Å². The van der Waals surface area contributed by atoms with Gasteiger partial charge in [-0.05, 0) is 49.6 Å². The van der Waals surface area contributed by atoms with Crippen molar-refractivity contribution in [1.29, 1.82) is 0 Å². The highest BCUT2D eigenvalue weighted by atomic mass is 35.5. The van der Waals surface area contributed by atoms with Crippen molar-refractivity contribution in [2.24, 2.45) is 5.73 Å². The number of hydrogen-bond acceptors (Lipinski definition) is 4. The highest BCUT2D eigenvalue weighted by Crippen LogP contribution is 2.31. The molecule has 1 aromatic rings. The minimum atomic E-state index is -3.43. The third kappa shape index (κ3) is 3.25. The van der Waals surface area contributed by atoms with Crippen LogP contribution in [0.4, 0.5) is 0 Å². The molecular formula is C15H23ClN2O3S. The van der Waals surface area contributed by atoms with Crippen molar-refractivity contribution < 1.29 is 13.2 Å². The maximum absolute atomic E-state index is 12.9. The van der Waals surface area contributed by atoms with Gasteiger partial charge in [0, 0.05) is 19.0 Å². The number of nitrogens with two attached hydrogens (primary N) is 1. The van der Waals surface area contributed by atoms with Crippen LogP contribution in [-0.4, -0.2) is 38.5 Å². The molecule has 0 amide bonds. The zero-order valence-corrected chi connectivity index (χ0v) is 14.2. The highest BCUT2D eigenvalue weighted by molar-refractivity contribution is 7.89. The van der Waals surface area contributed by atoms with Gasteiger partial charge in [-0.15, -0.1) is 12.4 Å². The molecule has 1 aromatic carbocycles. The second kappa shape index (κ2) is 7.17. The summed E-state index contributed by atoms with van der Waals surface area (Å²) in [5, 5.41) is 0. The molecule has 2 aliphatic heterocycles. The SMILES string of the molecule is Cl.NCCC1CCCCN1S(=O)(=O)c1ccc2c(c1)CCO2. The molecule has 0 aliphatic carbocycles. The Morgan fingerprint density at radius 1 is 1.32 bits per heavy atom. The molecule has 124 valence electrons. The normalized spacial score (nSPS) is 21.8. The predicted octanol–water partition coefficient (Wildman–Crippen LogP) is 1.94. The summed E-state index contributed by atoms with van der Waals surface area (Å²) in [4.78, 5) is 0.385. The van der Waals surface area contributed by atoms with E-state index < -0.39 is 10.0 Å². The van der Waals surface area contributed by atoms with E-state index in [2.05, 4.69) is 0 Å². The number of sulfonamides is 1. The molecule has 5 nitrogen and oxygen atoms in total. The molecule has 1 atom stereocenters. The van der Waals surface area contributed by atoms with Crippen LogP contribution in [0.3, 0.4) is 0 Å². The van der Waals surface area contributed by atoms with E-state index in [4.69, 9.17) is 10.5 Å². The highest BCUT2D eigenvalue weighted by Gasteiger charge is 2.33. The molecule has 2 aliphatic rings. The van der Waals surface area contributed by atoms with E-state index >= 15 is 0 Å². The Hall–Kier alpha value is -0.820. The Morgan fingerprint density at radius 2 is 2.14 bits per heavy atom. The van der Waals surface area contributed by atoms with Crippen molar-refractivity contribution in [3.05, 3.63) is 23.8 Å². The molecule has 0 bridgehead atoms. The lowest BCUT2D eigenvalue weighted by molar-refractivity contribution is 0.243. The van der Waals surface area contributed by atoms with Gasteiger partial charge in [0.1, 0.15) is 5.75 Å². The third-order valence-corrected chi connectivity index (χ3v) is 6.29. The monoisotopic (exact) mass is 346 g/mol. The van der Waals surface area contributed by atoms with Crippen LogP contribution in [0.1, 0.15) is 31.2 Å². The molecule has 1 fully saturated rings. The average molecular weight is 347 g/mol. The van der Waals surface area contributed by atoms with E-state index in [-0.39, 0.29) is 18.4 Å². The average Bonchev–Trinajstić information content (AvgIpc) is 2.95. The first kappa shape index (κ1) is 17.5. The molecule has 3 rings (SSSR count). The summed E-state index contributed by atoms with van der Waals surface area (Å²) in [5.41, 5.74) is 6.63. The fourth-order valence-corrected chi connectivity index (χ4v) is 5.00. The number of nitrogens with zero attached hydrogens (tertiary/aromatic N) is 1. The molecule has 0 saturated carbocycles. The van der Waals surface area contributed by atoms with Crippen LogP contribution < -0.4 is 10.5 Å². The van der Waals surface area contributed by atoms with E-state index in [1.54, 1.807) is 22.5 Å². The summed E-state index contributed by atoms with van der Waals surface area (Å²) in [5.74, 6) is 0.811. The minimum Gasteiger partial charge on any atom is -0.493 e. The fraction of sp³-hybridized carbons (Fsp3) is 0.600. The lowest BCUT2D eigenvalue weighted by atomic mass is 10.0. The largest absolute Gasteiger partial charge is 0.493 e. The topological polar surface area (TPSA) is 72.6 Å². The van der Waals surface area contributed by atoms with Gasteiger partial charge < -0.3 is 10.5 Å². The first-order valence-electron chi connectivity index (χ1n) is 7.60. The second-order valence-corrected chi connectivity index (χ2v) is 7.60. The number of piperidine rings is 1. The van der Waals surface area contributed by atoms with Gasteiger partial charge in [-0.2, -0.15) is 4.31 Å². The molecule has 0 aromatic heterocycles. The molecule has 0 radical (unpaired) electrons. The number of rotatable bonds is 4. The smallest absolute Gasteiger partial charge is 0.243 e. The summed E-state index contributed by atoms with van der Waals surface area (Å²) in [6.45, 7) is 1.76. The number of fused-ring (bicyclic) bond motifs is 1. The van der Waals surface area contributed by atoms with Crippen LogP contribution in [0.15, 0.2) is 23.1 Å². The van der Waals surface area contributed by atoms with E-state index in [1.807, 2.05) is 0 Å². The van der Waals surface area contributed by atoms with Crippen LogP contribution in [0, 0.1) is 0 Å². The maximum atomic E-state index is 12.9. The number of ether oxygens (including phenoxy) is 1. The Bertz CT molecular complexity index is 619. The summed E-state index contributed by atoms with van der Waals surface area (Å²) in [7, 11) is -3.43. The van der Waals surface area contributed by atoms with Crippen LogP contribution in [0.5, 0.6) is 5.75 Å². The zero-order valence-electron chi connectivity index (χ0n) is 12.5. The first-order valence-corrected chi connectivity index (χ1v) is 9.04. The summed E-state index contributed by atoms with van der Waals surface area (Å²) in [6.07, 6.45) is 4.42. The quantitative estimate of drug-likeness (QED) is 0.904. The van der Waals surface area contributed by atoms with Crippen molar-refractivity contribution in [1.82, 2.24) is 4.31 Å². The summed E-state index contributed by atoms with van der Waals surface area (Å²) in [6, 6.07) is 5.24. The van der Waals surface area contributed by atoms with Gasteiger partial charge in [0.15, 0.2) is 0 Å². The Balaban J connectivity index is 0.00000176. The van der Waals surface area contributed by atoms with Gasteiger partial charge in [-0.25, -0.2) is 8.42 Å². The van der Waals surface area contributed by atoms with Crippen molar-refractivity contribution in [3.63, 3.8) is 0 Å². The van der Waals surface area contributed by atoms with Crippen LogP contribution in [-0.2, 0) is 16.4 Å². The summed E-state index contributed by atoms with van der Waals surface area (Å²) >= 11 is 0. The zero-order chi connectivity index (χ0) is 14.9. The lowest BCUT2D eigenvalue weighted by Crippen LogP contribution is -2.44. The van der Waals surface area contributed by atoms with Crippen LogP contribution >= 0.6 is 12.4 Å². The van der Waals surface area contributed by atoms with Crippen LogP contribution in [0.25, 0.3) is 0 Å². The van der Waals surface area contributed by atoms with E-state index in [0.717, 1.165) is 43.4 Å². The van der Waals surface area contributed by atoms with Gasteiger partial charge in [0.2, 0.25) is 10.0 Å².